The van der Waals surface area contributed by atoms with E-state index in [1.165, 1.54) is 0 Å². The van der Waals surface area contributed by atoms with Crippen molar-refractivity contribution < 1.29 is 0 Å². The van der Waals surface area contributed by atoms with Crippen LogP contribution in [0.3, 0.4) is 0 Å². The Morgan fingerprint density at radius 2 is 1.74 bits per heavy atom. The Balaban J connectivity index is 2.40. The first-order valence-corrected chi connectivity index (χ1v) is 7.20. The van der Waals surface area contributed by atoms with Crippen LogP contribution in [0.4, 0.5) is 17.3 Å². The van der Waals surface area contributed by atoms with Crippen LogP contribution in [-0.2, 0) is 0 Å². The first kappa shape index (κ1) is 14.7. The van der Waals surface area contributed by atoms with Gasteiger partial charge in [-0.05, 0) is 40.2 Å². The predicted octanol–water partition coefficient (Wildman–Crippen LogP) is 5.59. The molecule has 0 bridgehead atoms. The Labute approximate surface area is 134 Å². The van der Waals surface area contributed by atoms with E-state index in [0.717, 1.165) is 10.2 Å². The zero-order valence-electron chi connectivity index (χ0n) is 9.77. The quantitative estimate of drug-likeness (QED) is 0.728. The van der Waals surface area contributed by atoms with Crippen molar-refractivity contribution >= 4 is 68.1 Å². The minimum Gasteiger partial charge on any atom is -0.372 e. The predicted molar refractivity (Wildman–Crippen MR) is 86.2 cm³/mol. The SMILES string of the molecule is CNc1nc(Nc2cc(Cl)ccc2Br)c(Cl)cc1Cl. The third-order valence-corrected chi connectivity index (χ3v) is 3.85. The number of hydrogen-bond donors (Lipinski definition) is 2. The third-order valence-electron chi connectivity index (χ3n) is 2.35. The number of nitrogens with one attached hydrogen (secondary N) is 2. The maximum Gasteiger partial charge on any atom is 0.151 e. The highest BCUT2D eigenvalue weighted by Gasteiger charge is 2.10. The molecule has 1 heterocycles. The topological polar surface area (TPSA) is 37.0 Å². The van der Waals surface area contributed by atoms with E-state index in [0.29, 0.717) is 26.7 Å². The summed E-state index contributed by atoms with van der Waals surface area (Å²) in [6.45, 7) is 0. The molecule has 2 rings (SSSR count). The summed E-state index contributed by atoms with van der Waals surface area (Å²) in [4.78, 5) is 4.31. The summed E-state index contributed by atoms with van der Waals surface area (Å²) in [5.41, 5.74) is 0.770. The number of rotatable bonds is 3. The molecule has 7 heteroatoms. The average Bonchev–Trinajstić information content (AvgIpc) is 2.37. The molecular formula is C12H9BrCl3N3. The van der Waals surface area contributed by atoms with Crippen LogP contribution in [0.2, 0.25) is 15.1 Å². The van der Waals surface area contributed by atoms with Gasteiger partial charge in [0.2, 0.25) is 0 Å². The van der Waals surface area contributed by atoms with E-state index in [9.17, 15) is 0 Å². The van der Waals surface area contributed by atoms with E-state index in [1.54, 1.807) is 25.2 Å². The first-order chi connectivity index (χ1) is 9.01. The van der Waals surface area contributed by atoms with Gasteiger partial charge in [-0.15, -0.1) is 0 Å². The van der Waals surface area contributed by atoms with Crippen LogP contribution in [0.15, 0.2) is 28.7 Å². The summed E-state index contributed by atoms with van der Waals surface area (Å²) in [7, 11) is 1.74. The highest BCUT2D eigenvalue weighted by molar-refractivity contribution is 9.10. The molecule has 0 aliphatic carbocycles. The summed E-state index contributed by atoms with van der Waals surface area (Å²) in [5.74, 6) is 1.05. The molecule has 0 spiro atoms. The molecule has 0 atom stereocenters. The molecule has 100 valence electrons. The smallest absolute Gasteiger partial charge is 0.151 e. The molecule has 2 N–H and O–H groups in total. The molecule has 0 amide bonds. The monoisotopic (exact) mass is 379 g/mol. The van der Waals surface area contributed by atoms with Crippen LogP contribution in [0.1, 0.15) is 0 Å². The standard InChI is InChI=1S/C12H9BrCl3N3/c1-17-11-8(15)5-9(16)12(19-11)18-10-4-6(14)2-3-7(10)13/h2-5H,1H3,(H2,17,18,19). The molecule has 19 heavy (non-hydrogen) atoms. The van der Waals surface area contributed by atoms with Crippen molar-refractivity contribution in [1.29, 1.82) is 0 Å². The number of aromatic nitrogens is 1. The van der Waals surface area contributed by atoms with Gasteiger partial charge in [-0.25, -0.2) is 4.98 Å². The number of halogens is 4. The molecule has 1 aromatic carbocycles. The summed E-state index contributed by atoms with van der Waals surface area (Å²) in [6.07, 6.45) is 0. The number of benzene rings is 1. The molecular weight excluding hydrogens is 372 g/mol. The fraction of sp³-hybridized carbons (Fsp3) is 0.0833. The Bertz CT molecular complexity index is 619. The molecule has 0 unspecified atom stereocenters. The summed E-state index contributed by atoms with van der Waals surface area (Å²) in [5, 5.41) is 7.51. The Kier molecular flexibility index (Phi) is 4.79. The lowest BCUT2D eigenvalue weighted by Crippen LogP contribution is -2.00. The van der Waals surface area contributed by atoms with Gasteiger partial charge in [-0.2, -0.15) is 0 Å². The van der Waals surface area contributed by atoms with Crippen LogP contribution in [0, 0.1) is 0 Å². The van der Waals surface area contributed by atoms with Gasteiger partial charge in [0.25, 0.3) is 0 Å². The lowest BCUT2D eigenvalue weighted by Gasteiger charge is -2.12. The fourth-order valence-electron chi connectivity index (χ4n) is 1.45. The zero-order valence-corrected chi connectivity index (χ0v) is 13.6. The largest absolute Gasteiger partial charge is 0.372 e. The normalized spacial score (nSPS) is 10.4. The minimum absolute atomic E-state index is 0.427. The van der Waals surface area contributed by atoms with Crippen molar-refractivity contribution in [3.05, 3.63) is 43.8 Å². The third kappa shape index (κ3) is 3.45. The first-order valence-electron chi connectivity index (χ1n) is 5.27. The van der Waals surface area contributed by atoms with Gasteiger partial charge in [0, 0.05) is 16.5 Å². The summed E-state index contributed by atoms with van der Waals surface area (Å²) in [6, 6.07) is 7.03. The second-order valence-corrected chi connectivity index (χ2v) is 5.75. The molecule has 0 saturated carbocycles. The molecule has 3 nitrogen and oxygen atoms in total. The second kappa shape index (κ2) is 6.18. The highest BCUT2D eigenvalue weighted by atomic mass is 79.9. The van der Waals surface area contributed by atoms with E-state index < -0.39 is 0 Å². The van der Waals surface area contributed by atoms with Crippen molar-refractivity contribution in [3.63, 3.8) is 0 Å². The molecule has 2 aromatic rings. The van der Waals surface area contributed by atoms with Crippen molar-refractivity contribution in [2.45, 2.75) is 0 Å². The molecule has 0 saturated heterocycles. The second-order valence-electron chi connectivity index (χ2n) is 3.65. The van der Waals surface area contributed by atoms with Crippen LogP contribution >= 0.6 is 50.7 Å². The number of anilines is 3. The number of hydrogen-bond acceptors (Lipinski definition) is 3. The van der Waals surface area contributed by atoms with Crippen molar-refractivity contribution in [1.82, 2.24) is 4.98 Å². The highest BCUT2D eigenvalue weighted by Crippen LogP contribution is 2.34. The van der Waals surface area contributed by atoms with Crippen LogP contribution in [-0.4, -0.2) is 12.0 Å². The van der Waals surface area contributed by atoms with Gasteiger partial charge in [0.1, 0.15) is 5.82 Å². The van der Waals surface area contributed by atoms with Crippen LogP contribution < -0.4 is 10.6 Å². The van der Waals surface area contributed by atoms with Crippen molar-refractivity contribution in [3.8, 4) is 0 Å². The van der Waals surface area contributed by atoms with Gasteiger partial charge < -0.3 is 10.6 Å². The summed E-state index contributed by atoms with van der Waals surface area (Å²) < 4.78 is 0.857. The van der Waals surface area contributed by atoms with E-state index in [4.69, 9.17) is 34.8 Å². The zero-order chi connectivity index (χ0) is 14.0. The number of nitrogens with zero attached hydrogens (tertiary/aromatic N) is 1. The van der Waals surface area contributed by atoms with E-state index in [2.05, 4.69) is 31.5 Å². The van der Waals surface area contributed by atoms with E-state index in [-0.39, 0.29) is 0 Å². The van der Waals surface area contributed by atoms with Gasteiger partial charge in [-0.3, -0.25) is 0 Å². The molecule has 0 aliphatic heterocycles. The van der Waals surface area contributed by atoms with Gasteiger partial charge in [0.05, 0.1) is 15.7 Å². The average molecular weight is 381 g/mol. The van der Waals surface area contributed by atoms with Crippen molar-refractivity contribution in [2.75, 3.05) is 17.7 Å². The molecule has 0 aliphatic rings. The fourth-order valence-corrected chi connectivity index (χ4v) is 2.47. The van der Waals surface area contributed by atoms with E-state index in [1.807, 2.05) is 6.07 Å². The van der Waals surface area contributed by atoms with E-state index >= 15 is 0 Å². The lowest BCUT2D eigenvalue weighted by atomic mass is 10.3. The molecule has 1 aromatic heterocycles. The molecule has 0 fully saturated rings. The lowest BCUT2D eigenvalue weighted by molar-refractivity contribution is 1.27. The maximum absolute atomic E-state index is 6.11. The maximum atomic E-state index is 6.11. The minimum atomic E-state index is 0.427. The van der Waals surface area contributed by atoms with Crippen LogP contribution in [0.25, 0.3) is 0 Å². The molecule has 0 radical (unpaired) electrons. The van der Waals surface area contributed by atoms with Crippen molar-refractivity contribution in [2.24, 2.45) is 0 Å². The summed E-state index contributed by atoms with van der Waals surface area (Å²) >= 11 is 21.5. The van der Waals surface area contributed by atoms with Gasteiger partial charge in [0.15, 0.2) is 5.82 Å². The number of pyridine rings is 1. The van der Waals surface area contributed by atoms with Gasteiger partial charge >= 0.3 is 0 Å². The Hall–Kier alpha value is -0.680. The van der Waals surface area contributed by atoms with Crippen LogP contribution in [0.5, 0.6) is 0 Å². The Morgan fingerprint density at radius 3 is 2.42 bits per heavy atom. The Morgan fingerprint density at radius 1 is 1.05 bits per heavy atom. The van der Waals surface area contributed by atoms with Gasteiger partial charge in [-0.1, -0.05) is 34.8 Å².